The van der Waals surface area contributed by atoms with Crippen LogP contribution < -0.4 is 0 Å². The van der Waals surface area contributed by atoms with Gasteiger partial charge >= 0.3 is 13.4 Å². The monoisotopic (exact) mass is 386 g/mol. The van der Waals surface area contributed by atoms with Crippen LogP contribution in [0.4, 0.5) is 0 Å². The Labute approximate surface area is 124 Å². The van der Waals surface area contributed by atoms with Crippen molar-refractivity contribution >= 4 is 37.1 Å². The summed E-state index contributed by atoms with van der Waals surface area (Å²) in [4.78, 5) is 35.1. The molecule has 12 nitrogen and oxygen atoms in total. The van der Waals surface area contributed by atoms with Gasteiger partial charge in [-0.15, -0.1) is 0 Å². The molecule has 0 heterocycles. The summed E-state index contributed by atoms with van der Waals surface area (Å²) in [6.07, 6.45) is -2.95. The number of aliphatic hydroxyl groups excluding tert-OH is 2. The summed E-state index contributed by atoms with van der Waals surface area (Å²) in [5.41, 5.74) is 0. The fraction of sp³-hybridized carbons (Fsp3) is 1.00. The Kier molecular flexibility index (Phi) is 22.0. The Morgan fingerprint density at radius 3 is 1.55 bits per heavy atom. The predicted molar refractivity (Wildman–Crippen MR) is 75.8 cm³/mol. The number of aliphatic hydroxyl groups is 2. The van der Waals surface area contributed by atoms with Gasteiger partial charge in [-0.25, -0.2) is 0 Å². The van der Waals surface area contributed by atoms with Crippen molar-refractivity contribution in [3.05, 3.63) is 0 Å². The highest BCUT2D eigenvalue weighted by molar-refractivity contribution is 8.07. The molecule has 0 saturated heterocycles. The van der Waals surface area contributed by atoms with Gasteiger partial charge in [0.05, 0.1) is 13.2 Å². The van der Waals surface area contributed by atoms with Crippen molar-refractivity contribution in [2.24, 2.45) is 0 Å². The Balaban J connectivity index is -0.000000187. The van der Waals surface area contributed by atoms with E-state index in [2.05, 4.69) is 32.7 Å². The van der Waals surface area contributed by atoms with E-state index in [1.807, 2.05) is 0 Å². The normalized spacial score (nSPS) is 13.7. The molecule has 0 bridgehead atoms. The van der Waals surface area contributed by atoms with E-state index < -0.39 is 38.9 Å². The lowest BCUT2D eigenvalue weighted by atomic mass is 10.2. The molecular weight excluding hydrogens is 366 g/mol. The number of hydrogen-bond donors (Lipinski definition) is 6. The second-order valence-corrected chi connectivity index (χ2v) is 7.96. The maximum absolute atomic E-state index is 9.19. The maximum atomic E-state index is 9.19. The quantitative estimate of drug-likeness (QED) is 0.226. The first-order chi connectivity index (χ1) is 7.05. The lowest BCUT2D eigenvalue weighted by Crippen LogP contribution is -2.35. The van der Waals surface area contributed by atoms with E-state index in [1.54, 1.807) is 0 Å². The fourth-order valence-electron chi connectivity index (χ4n) is 0.676. The third-order valence-electron chi connectivity index (χ3n) is 1.30. The summed E-state index contributed by atoms with van der Waals surface area (Å²) in [6.45, 7) is -9.44. The topological polar surface area (TPSA) is 266 Å². The third kappa shape index (κ3) is 18.8. The van der Waals surface area contributed by atoms with Crippen LogP contribution in [0.3, 0.4) is 0 Å². The molecule has 0 aliphatic rings. The van der Waals surface area contributed by atoms with Crippen LogP contribution in [0.2, 0.25) is 0 Å². The highest BCUT2D eigenvalue weighted by Gasteiger charge is 2.27. The van der Waals surface area contributed by atoms with E-state index in [0.29, 0.717) is 0 Å². The molecule has 0 radical (unpaired) electrons. The Bertz CT molecular complexity index is 302. The van der Waals surface area contributed by atoms with Gasteiger partial charge in [-0.3, -0.25) is 0 Å². The zero-order chi connectivity index (χ0) is 13.0. The molecular formula is C4H20O12P2S2. The van der Waals surface area contributed by atoms with E-state index in [0.717, 1.165) is 0 Å². The van der Waals surface area contributed by atoms with Gasteiger partial charge in [-0.2, -0.15) is 0 Å². The van der Waals surface area contributed by atoms with Crippen molar-refractivity contribution in [1.29, 1.82) is 0 Å². The minimum Gasteiger partial charge on any atom is -0.412 e. The summed E-state index contributed by atoms with van der Waals surface area (Å²) in [5, 5.41) is 17.8. The lowest BCUT2D eigenvalue weighted by Gasteiger charge is -2.24. The highest BCUT2D eigenvalue weighted by atomic mass is 32.5. The minimum atomic E-state index is -4.07. The molecule has 0 rings (SSSR count). The van der Waals surface area contributed by atoms with Crippen LogP contribution in [0.15, 0.2) is 0 Å². The van der Waals surface area contributed by atoms with Crippen molar-refractivity contribution < 1.29 is 60.7 Å². The Hall–Kier alpha value is 0.820. The smallest absolute Gasteiger partial charge is 0.322 e. The Morgan fingerprint density at radius 1 is 0.900 bits per heavy atom. The second kappa shape index (κ2) is 13.5. The van der Waals surface area contributed by atoms with Gasteiger partial charge in [0.1, 0.15) is 12.2 Å². The van der Waals surface area contributed by atoms with Crippen molar-refractivity contribution in [2.75, 3.05) is 13.2 Å². The average molecular weight is 386 g/mol. The molecule has 130 valence electrons. The van der Waals surface area contributed by atoms with Crippen LogP contribution in [0.1, 0.15) is 0 Å². The number of hydrogen-bond acceptors (Lipinski definition) is 6. The second-order valence-electron chi connectivity index (χ2n) is 2.67. The zero-order valence-electron chi connectivity index (χ0n) is 9.78. The molecule has 0 aromatic rings. The van der Waals surface area contributed by atoms with Gasteiger partial charge in [0.25, 0.3) is 0 Å². The van der Waals surface area contributed by atoms with Crippen molar-refractivity contribution in [2.45, 2.75) is 12.2 Å². The molecule has 0 spiro atoms. The van der Waals surface area contributed by atoms with Crippen LogP contribution in [0, 0.1) is 0 Å². The summed E-state index contributed by atoms with van der Waals surface area (Å²) >= 11 is 8.27. The molecule has 16 heteroatoms. The van der Waals surface area contributed by atoms with E-state index in [1.165, 1.54) is 0 Å². The Morgan fingerprint density at radius 2 is 1.30 bits per heavy atom. The third-order valence-corrected chi connectivity index (χ3v) is 2.90. The van der Waals surface area contributed by atoms with Gasteiger partial charge in [-0.05, 0) is 23.6 Å². The van der Waals surface area contributed by atoms with Crippen LogP contribution in [0.25, 0.3) is 0 Å². The molecule has 0 aliphatic carbocycles. The van der Waals surface area contributed by atoms with Crippen molar-refractivity contribution in [3.8, 4) is 0 Å². The van der Waals surface area contributed by atoms with E-state index in [9.17, 15) is 5.11 Å². The molecule has 14 N–H and O–H groups in total. The molecule has 0 fully saturated rings. The predicted octanol–water partition coefficient (Wildman–Crippen LogP) is -5.14. The molecule has 0 aromatic heterocycles. The fourth-order valence-corrected chi connectivity index (χ4v) is 2.09. The van der Waals surface area contributed by atoms with Crippen LogP contribution in [0.5, 0.6) is 0 Å². The van der Waals surface area contributed by atoms with Crippen LogP contribution >= 0.6 is 13.4 Å². The molecule has 0 unspecified atom stereocenters. The average Bonchev–Trinajstić information content (AvgIpc) is 2.07. The van der Waals surface area contributed by atoms with E-state index >= 15 is 0 Å². The van der Waals surface area contributed by atoms with Crippen LogP contribution in [-0.4, -0.2) is 77.1 Å². The largest absolute Gasteiger partial charge is 0.412 e. The highest BCUT2D eigenvalue weighted by Crippen LogP contribution is 2.41. The molecule has 0 saturated carbocycles. The standard InChI is InChI=1S/C4H12O8P2S2.4H2O/c5-1-3(6)4(12-14(9,10)16)2-11-13(7,8)15;;;;/h3-6H,1-2H2,(H2,7,8,15)(H2,9,10,16);4*1H2/t3-,4-;;;;/m1..../s1. The lowest BCUT2D eigenvalue weighted by molar-refractivity contribution is -0.0276. The van der Waals surface area contributed by atoms with Gasteiger partial charge in [0.15, 0.2) is 0 Å². The first kappa shape index (κ1) is 32.7. The van der Waals surface area contributed by atoms with Gasteiger partial charge in [-0.1, -0.05) is 0 Å². The van der Waals surface area contributed by atoms with Crippen molar-refractivity contribution in [1.82, 2.24) is 0 Å². The summed E-state index contributed by atoms with van der Waals surface area (Å²) in [7, 11) is 0. The summed E-state index contributed by atoms with van der Waals surface area (Å²) < 4.78 is 8.79. The van der Waals surface area contributed by atoms with Crippen molar-refractivity contribution in [3.63, 3.8) is 0 Å². The van der Waals surface area contributed by atoms with Gasteiger partial charge in [0.2, 0.25) is 0 Å². The van der Waals surface area contributed by atoms with E-state index in [-0.39, 0.29) is 21.9 Å². The zero-order valence-corrected chi connectivity index (χ0v) is 13.2. The molecule has 2 atom stereocenters. The summed E-state index contributed by atoms with van der Waals surface area (Å²) in [6, 6.07) is 0. The molecule has 0 aromatic carbocycles. The SMILES string of the molecule is O.O.O.O.OC[C@@H](O)[C@@H](COP(O)(O)=S)OP(O)(O)=S. The molecule has 20 heavy (non-hydrogen) atoms. The number of rotatable bonds is 7. The summed E-state index contributed by atoms with van der Waals surface area (Å²) in [5.74, 6) is 0. The molecule has 0 amide bonds. The van der Waals surface area contributed by atoms with Crippen LogP contribution in [-0.2, 0) is 32.7 Å². The van der Waals surface area contributed by atoms with Gasteiger partial charge < -0.3 is 60.7 Å². The first-order valence-electron chi connectivity index (χ1n) is 3.78. The van der Waals surface area contributed by atoms with E-state index in [4.69, 9.17) is 24.7 Å². The van der Waals surface area contributed by atoms with Gasteiger partial charge in [0, 0.05) is 0 Å². The minimum absolute atomic E-state index is 0. The first-order valence-corrected chi connectivity index (χ1v) is 9.03. The maximum Gasteiger partial charge on any atom is 0.322 e. The molecule has 0 aliphatic heterocycles.